The molecule has 84 valence electrons. The summed E-state index contributed by atoms with van der Waals surface area (Å²) in [6.45, 7) is 1.94. The van der Waals surface area contributed by atoms with E-state index >= 15 is 0 Å². The molecule has 2 aromatic rings. The van der Waals surface area contributed by atoms with E-state index in [1.807, 2.05) is 25.1 Å². The lowest BCUT2D eigenvalue weighted by Gasteiger charge is -1.96. The van der Waals surface area contributed by atoms with Gasteiger partial charge in [-0.3, -0.25) is 0 Å². The topological polar surface area (TPSA) is 26.3 Å². The summed E-state index contributed by atoms with van der Waals surface area (Å²) >= 11 is 7.23. The number of carbonyl (C=O) groups excluding carboxylic acids is 1. The van der Waals surface area contributed by atoms with Gasteiger partial charge in [-0.05, 0) is 29.5 Å². The lowest BCUT2D eigenvalue weighted by Crippen LogP contribution is -1.99. The Morgan fingerprint density at radius 1 is 1.50 bits per heavy atom. The van der Waals surface area contributed by atoms with Gasteiger partial charge in [-0.25, -0.2) is 4.79 Å². The van der Waals surface area contributed by atoms with Crippen LogP contribution in [-0.4, -0.2) is 13.1 Å². The van der Waals surface area contributed by atoms with Crippen LogP contribution in [0.15, 0.2) is 18.2 Å². The van der Waals surface area contributed by atoms with Gasteiger partial charge < -0.3 is 4.74 Å². The zero-order valence-corrected chi connectivity index (χ0v) is 10.6. The number of ether oxygens (including phenoxy) is 1. The second-order valence-electron chi connectivity index (χ2n) is 3.51. The number of benzene rings is 1. The lowest BCUT2D eigenvalue weighted by atomic mass is 10.1. The van der Waals surface area contributed by atoms with Crippen LogP contribution in [0.4, 0.5) is 0 Å². The summed E-state index contributed by atoms with van der Waals surface area (Å²) < 4.78 is 5.83. The van der Waals surface area contributed by atoms with Gasteiger partial charge in [0.25, 0.3) is 0 Å². The number of esters is 1. The van der Waals surface area contributed by atoms with Crippen molar-refractivity contribution >= 4 is 39.0 Å². The highest BCUT2D eigenvalue weighted by atomic mass is 35.5. The summed E-state index contributed by atoms with van der Waals surface area (Å²) in [5.41, 5.74) is 2.04. The third-order valence-corrected chi connectivity index (χ3v) is 4.07. The van der Waals surface area contributed by atoms with Crippen LogP contribution in [0, 0.1) is 6.92 Å². The second kappa shape index (κ2) is 4.44. The van der Waals surface area contributed by atoms with Gasteiger partial charge in [-0.1, -0.05) is 12.1 Å². The van der Waals surface area contributed by atoms with Crippen LogP contribution in [0.25, 0.3) is 10.1 Å². The van der Waals surface area contributed by atoms with E-state index < -0.39 is 0 Å². The number of alkyl halides is 1. The Morgan fingerprint density at radius 2 is 2.25 bits per heavy atom. The van der Waals surface area contributed by atoms with Crippen molar-refractivity contribution in [3.8, 4) is 0 Å². The molecule has 1 heterocycles. The predicted octanol–water partition coefficient (Wildman–Crippen LogP) is 3.74. The van der Waals surface area contributed by atoms with Crippen LogP contribution in [-0.2, 0) is 10.6 Å². The molecule has 0 N–H and O–H groups in total. The minimum absolute atomic E-state index is 0.272. The maximum atomic E-state index is 11.5. The van der Waals surface area contributed by atoms with E-state index in [9.17, 15) is 4.79 Å². The molecule has 1 aromatic heterocycles. The first-order chi connectivity index (χ1) is 7.67. The normalized spacial score (nSPS) is 10.7. The van der Waals surface area contributed by atoms with Crippen LogP contribution in [0.5, 0.6) is 0 Å². The van der Waals surface area contributed by atoms with Gasteiger partial charge in [-0.15, -0.1) is 22.9 Å². The van der Waals surface area contributed by atoms with Crippen molar-refractivity contribution in [1.29, 1.82) is 0 Å². The standard InChI is InChI=1S/C12H11ClO2S/c1-7-9-4-3-8(6-13)5-10(9)16-11(7)12(14)15-2/h3-5H,6H2,1-2H3. The van der Waals surface area contributed by atoms with Gasteiger partial charge in [0.2, 0.25) is 0 Å². The molecule has 4 heteroatoms. The van der Waals surface area contributed by atoms with E-state index in [2.05, 4.69) is 0 Å². The average molecular weight is 255 g/mol. The Kier molecular flexibility index (Phi) is 3.17. The van der Waals surface area contributed by atoms with Crippen molar-refractivity contribution in [2.75, 3.05) is 7.11 Å². The van der Waals surface area contributed by atoms with Crippen LogP contribution < -0.4 is 0 Å². The smallest absolute Gasteiger partial charge is 0.348 e. The summed E-state index contributed by atoms with van der Waals surface area (Å²) in [4.78, 5) is 12.2. The largest absolute Gasteiger partial charge is 0.465 e. The molecular weight excluding hydrogens is 244 g/mol. The predicted molar refractivity (Wildman–Crippen MR) is 67.5 cm³/mol. The van der Waals surface area contributed by atoms with E-state index in [-0.39, 0.29) is 5.97 Å². The number of carbonyl (C=O) groups is 1. The molecule has 0 amide bonds. The molecule has 0 saturated carbocycles. The van der Waals surface area contributed by atoms with Crippen molar-refractivity contribution in [3.05, 3.63) is 34.2 Å². The first-order valence-electron chi connectivity index (χ1n) is 4.83. The summed E-state index contributed by atoms with van der Waals surface area (Å²) in [6, 6.07) is 6.01. The second-order valence-corrected chi connectivity index (χ2v) is 4.83. The van der Waals surface area contributed by atoms with Gasteiger partial charge >= 0.3 is 5.97 Å². The number of fused-ring (bicyclic) bond motifs is 1. The lowest BCUT2D eigenvalue weighted by molar-refractivity contribution is 0.0605. The summed E-state index contributed by atoms with van der Waals surface area (Å²) in [6.07, 6.45) is 0. The molecule has 0 aliphatic rings. The highest BCUT2D eigenvalue weighted by Crippen LogP contribution is 2.32. The zero-order valence-electron chi connectivity index (χ0n) is 9.04. The molecule has 16 heavy (non-hydrogen) atoms. The molecule has 0 radical (unpaired) electrons. The Balaban J connectivity index is 2.63. The molecule has 1 aromatic carbocycles. The summed E-state index contributed by atoms with van der Waals surface area (Å²) in [5.74, 6) is 0.214. The summed E-state index contributed by atoms with van der Waals surface area (Å²) in [5, 5.41) is 1.10. The van der Waals surface area contributed by atoms with Crippen molar-refractivity contribution in [2.45, 2.75) is 12.8 Å². The van der Waals surface area contributed by atoms with Crippen LogP contribution in [0.1, 0.15) is 20.8 Å². The fourth-order valence-electron chi connectivity index (χ4n) is 1.64. The molecular formula is C12H11ClO2S. The number of hydrogen-bond acceptors (Lipinski definition) is 3. The zero-order chi connectivity index (χ0) is 11.7. The first kappa shape index (κ1) is 11.4. The number of aryl methyl sites for hydroxylation is 1. The fourth-order valence-corrected chi connectivity index (χ4v) is 3.00. The van der Waals surface area contributed by atoms with Gasteiger partial charge in [0.1, 0.15) is 4.88 Å². The van der Waals surface area contributed by atoms with Crippen LogP contribution in [0.3, 0.4) is 0 Å². The quantitative estimate of drug-likeness (QED) is 0.603. The minimum atomic E-state index is -0.272. The third kappa shape index (κ3) is 1.81. The molecule has 0 aliphatic carbocycles. The monoisotopic (exact) mass is 254 g/mol. The third-order valence-electron chi connectivity index (χ3n) is 2.53. The Hall–Kier alpha value is -1.06. The Bertz CT molecular complexity index is 545. The van der Waals surface area contributed by atoms with Gasteiger partial charge in [-0.2, -0.15) is 0 Å². The van der Waals surface area contributed by atoms with E-state index in [0.29, 0.717) is 10.8 Å². The first-order valence-corrected chi connectivity index (χ1v) is 6.18. The van der Waals surface area contributed by atoms with Gasteiger partial charge in [0.15, 0.2) is 0 Å². The molecule has 0 bridgehead atoms. The number of hydrogen-bond donors (Lipinski definition) is 0. The van der Waals surface area contributed by atoms with E-state index in [1.165, 1.54) is 18.4 Å². The van der Waals surface area contributed by atoms with Crippen LogP contribution >= 0.6 is 22.9 Å². The number of thiophene rings is 1. The maximum Gasteiger partial charge on any atom is 0.348 e. The molecule has 0 atom stereocenters. The Morgan fingerprint density at radius 3 is 2.88 bits per heavy atom. The van der Waals surface area contributed by atoms with Crippen molar-refractivity contribution in [3.63, 3.8) is 0 Å². The minimum Gasteiger partial charge on any atom is -0.465 e. The molecule has 2 nitrogen and oxygen atoms in total. The van der Waals surface area contributed by atoms with Crippen molar-refractivity contribution < 1.29 is 9.53 Å². The fraction of sp³-hybridized carbons (Fsp3) is 0.250. The van der Waals surface area contributed by atoms with E-state index in [1.54, 1.807) is 0 Å². The van der Waals surface area contributed by atoms with Crippen LogP contribution in [0.2, 0.25) is 0 Å². The molecule has 0 aliphatic heterocycles. The number of halogens is 1. The summed E-state index contributed by atoms with van der Waals surface area (Å²) in [7, 11) is 1.40. The maximum absolute atomic E-state index is 11.5. The van der Waals surface area contributed by atoms with E-state index in [4.69, 9.17) is 16.3 Å². The van der Waals surface area contributed by atoms with E-state index in [0.717, 1.165) is 21.2 Å². The van der Waals surface area contributed by atoms with Crippen molar-refractivity contribution in [2.24, 2.45) is 0 Å². The van der Waals surface area contributed by atoms with Crippen molar-refractivity contribution in [1.82, 2.24) is 0 Å². The highest BCUT2D eigenvalue weighted by molar-refractivity contribution is 7.21. The average Bonchev–Trinajstić information content (AvgIpc) is 2.65. The number of rotatable bonds is 2. The Labute approximate surface area is 103 Å². The SMILES string of the molecule is COC(=O)c1sc2cc(CCl)ccc2c1C. The molecule has 0 fully saturated rings. The number of methoxy groups -OCH3 is 1. The molecule has 0 spiro atoms. The molecule has 0 unspecified atom stereocenters. The molecule has 0 saturated heterocycles. The van der Waals surface area contributed by atoms with Gasteiger partial charge in [0, 0.05) is 10.6 Å². The van der Waals surface area contributed by atoms with Gasteiger partial charge in [0.05, 0.1) is 7.11 Å². The molecule has 2 rings (SSSR count). The highest BCUT2D eigenvalue weighted by Gasteiger charge is 2.15.